The number of rotatable bonds is 2. The number of nitrogens with one attached hydrogen (secondary N) is 1. The van der Waals surface area contributed by atoms with Gasteiger partial charge in [0, 0.05) is 29.3 Å². The summed E-state index contributed by atoms with van der Waals surface area (Å²) in [6, 6.07) is 8.62. The lowest BCUT2D eigenvalue weighted by molar-refractivity contribution is -0.385. The summed E-state index contributed by atoms with van der Waals surface area (Å²) in [4.78, 5) is 12.5. The van der Waals surface area contributed by atoms with Crippen LogP contribution in [0.15, 0.2) is 36.4 Å². The van der Waals surface area contributed by atoms with Crippen LogP contribution in [0.3, 0.4) is 0 Å². The van der Waals surface area contributed by atoms with Crippen molar-refractivity contribution in [1.29, 1.82) is 0 Å². The Labute approximate surface area is 165 Å². The summed E-state index contributed by atoms with van der Waals surface area (Å²) in [5.74, 6) is -0.100. The Balaban J connectivity index is 1.83. The van der Waals surface area contributed by atoms with E-state index in [1.807, 2.05) is 13.8 Å². The summed E-state index contributed by atoms with van der Waals surface area (Å²) < 4.78 is 19.9. The third-order valence-corrected chi connectivity index (χ3v) is 5.88. The van der Waals surface area contributed by atoms with Crippen LogP contribution in [0.2, 0.25) is 5.02 Å². The number of anilines is 1. The summed E-state index contributed by atoms with van der Waals surface area (Å²) in [5.41, 5.74) is 0.399. The van der Waals surface area contributed by atoms with Crippen LogP contribution in [-0.2, 0) is 0 Å². The average molecular weight is 408 g/mol. The van der Waals surface area contributed by atoms with Crippen LogP contribution in [0.4, 0.5) is 15.8 Å². The maximum atomic E-state index is 13.6. The third-order valence-electron chi connectivity index (χ3n) is 5.29. The van der Waals surface area contributed by atoms with Crippen molar-refractivity contribution in [2.75, 3.05) is 4.90 Å². The van der Waals surface area contributed by atoms with Crippen molar-refractivity contribution >= 4 is 40.3 Å². The van der Waals surface area contributed by atoms with Crippen molar-refractivity contribution in [2.24, 2.45) is 5.92 Å². The fourth-order valence-corrected chi connectivity index (χ4v) is 4.32. The zero-order valence-corrected chi connectivity index (χ0v) is 16.0. The minimum Gasteiger partial charge on any atom is -0.467 e. The molecule has 1 N–H and O–H groups in total. The van der Waals surface area contributed by atoms with E-state index in [-0.39, 0.29) is 22.7 Å². The van der Waals surface area contributed by atoms with Gasteiger partial charge in [0.2, 0.25) is 0 Å². The number of hydrogen-bond donors (Lipinski definition) is 1. The van der Waals surface area contributed by atoms with Crippen molar-refractivity contribution in [3.63, 3.8) is 0 Å². The van der Waals surface area contributed by atoms with E-state index in [0.717, 1.165) is 0 Å². The Morgan fingerprint density at radius 3 is 2.78 bits per heavy atom. The summed E-state index contributed by atoms with van der Waals surface area (Å²) in [6.45, 7) is 3.86. The second kappa shape index (κ2) is 6.03. The highest BCUT2D eigenvalue weighted by atomic mass is 35.5. The molecule has 140 valence electrons. The number of thiocarbonyl (C=S) groups is 1. The number of benzene rings is 2. The molecule has 0 unspecified atom stereocenters. The van der Waals surface area contributed by atoms with Gasteiger partial charge in [0.05, 0.1) is 16.0 Å². The molecule has 2 aromatic rings. The maximum absolute atomic E-state index is 13.6. The lowest BCUT2D eigenvalue weighted by atomic mass is 9.80. The monoisotopic (exact) mass is 407 g/mol. The number of fused-ring (bicyclic) bond motifs is 4. The number of non-ortho nitro benzene ring substituents is 1. The molecule has 9 heteroatoms. The first kappa shape index (κ1) is 17.9. The molecule has 2 bridgehead atoms. The van der Waals surface area contributed by atoms with Gasteiger partial charge in [0.15, 0.2) is 10.8 Å². The van der Waals surface area contributed by atoms with E-state index >= 15 is 0 Å². The highest BCUT2D eigenvalue weighted by Crippen LogP contribution is 2.50. The number of nitro benzene ring substituents is 1. The van der Waals surface area contributed by atoms with Crippen LogP contribution in [0, 0.1) is 21.8 Å². The molecule has 0 spiro atoms. The van der Waals surface area contributed by atoms with Gasteiger partial charge in [0.1, 0.15) is 11.6 Å². The lowest BCUT2D eigenvalue weighted by Gasteiger charge is -2.56. The number of halogens is 2. The van der Waals surface area contributed by atoms with E-state index in [9.17, 15) is 14.5 Å². The van der Waals surface area contributed by atoms with Crippen LogP contribution in [0.25, 0.3) is 0 Å². The molecule has 0 aromatic heterocycles. The third kappa shape index (κ3) is 2.62. The Morgan fingerprint density at radius 2 is 2.11 bits per heavy atom. The largest absolute Gasteiger partial charge is 0.467 e. The van der Waals surface area contributed by atoms with Crippen LogP contribution in [-0.4, -0.2) is 15.8 Å². The summed E-state index contributed by atoms with van der Waals surface area (Å²) in [5, 5.41) is 14.7. The van der Waals surface area contributed by atoms with E-state index in [1.165, 1.54) is 24.3 Å². The van der Waals surface area contributed by atoms with E-state index in [1.54, 1.807) is 17.0 Å². The molecule has 2 aliphatic heterocycles. The highest BCUT2D eigenvalue weighted by Gasteiger charge is 2.54. The molecule has 0 aliphatic carbocycles. The van der Waals surface area contributed by atoms with Gasteiger partial charge in [-0.05, 0) is 43.4 Å². The molecule has 1 fully saturated rings. The Bertz CT molecular complexity index is 988. The van der Waals surface area contributed by atoms with Crippen LogP contribution >= 0.6 is 23.8 Å². The van der Waals surface area contributed by atoms with Gasteiger partial charge in [-0.2, -0.15) is 0 Å². The summed E-state index contributed by atoms with van der Waals surface area (Å²) in [7, 11) is 0. The van der Waals surface area contributed by atoms with Crippen LogP contribution in [0.1, 0.15) is 25.5 Å². The molecule has 2 aliphatic rings. The summed E-state index contributed by atoms with van der Waals surface area (Å²) >= 11 is 11.5. The molecule has 3 atom stereocenters. The predicted octanol–water partition coefficient (Wildman–Crippen LogP) is 4.57. The van der Waals surface area contributed by atoms with Gasteiger partial charge >= 0.3 is 0 Å². The Kier molecular flexibility index (Phi) is 4.01. The standard InChI is InChI=1S/C18H15ClFN3O3S/c1-9-16-12-7-11(23(24)25)4-6-15(12)26-18(9,2)22(17(27)21-16)10-3-5-14(20)13(19)8-10/h3-9,16H,1-2H3,(H,21,27)/t9-,16-,18+/m1/s1. The molecular formula is C18H15ClFN3O3S. The molecular weight excluding hydrogens is 393 g/mol. The van der Waals surface area contributed by atoms with E-state index in [2.05, 4.69) is 5.32 Å². The van der Waals surface area contributed by atoms with Crippen molar-refractivity contribution in [2.45, 2.75) is 25.6 Å². The van der Waals surface area contributed by atoms with Gasteiger partial charge in [-0.25, -0.2) is 4.39 Å². The van der Waals surface area contributed by atoms with Crippen molar-refractivity contribution in [3.8, 4) is 5.75 Å². The molecule has 4 rings (SSSR count). The molecule has 0 radical (unpaired) electrons. The molecule has 0 amide bonds. The van der Waals surface area contributed by atoms with E-state index < -0.39 is 16.5 Å². The fraction of sp³-hybridized carbons (Fsp3) is 0.278. The van der Waals surface area contributed by atoms with E-state index in [4.69, 9.17) is 28.6 Å². The zero-order valence-electron chi connectivity index (χ0n) is 14.4. The fourth-order valence-electron chi connectivity index (χ4n) is 3.73. The average Bonchev–Trinajstić information content (AvgIpc) is 2.60. The minimum atomic E-state index is -0.878. The van der Waals surface area contributed by atoms with Crippen molar-refractivity contribution in [3.05, 3.63) is 62.9 Å². The smallest absolute Gasteiger partial charge is 0.270 e. The summed E-state index contributed by atoms with van der Waals surface area (Å²) in [6.07, 6.45) is 0. The molecule has 2 heterocycles. The molecule has 1 saturated heterocycles. The number of ether oxygens (including phenoxy) is 1. The molecule has 0 saturated carbocycles. The van der Waals surface area contributed by atoms with Gasteiger partial charge in [-0.3, -0.25) is 15.0 Å². The Morgan fingerprint density at radius 1 is 1.37 bits per heavy atom. The first-order valence-corrected chi connectivity index (χ1v) is 9.04. The van der Waals surface area contributed by atoms with Gasteiger partial charge in [-0.1, -0.05) is 18.5 Å². The second-order valence-electron chi connectivity index (χ2n) is 6.79. The number of nitro groups is 1. The Hall–Kier alpha value is -2.45. The first-order valence-electron chi connectivity index (χ1n) is 8.25. The molecule has 2 aromatic carbocycles. The van der Waals surface area contributed by atoms with Crippen molar-refractivity contribution < 1.29 is 14.1 Å². The predicted molar refractivity (Wildman–Crippen MR) is 104 cm³/mol. The van der Waals surface area contributed by atoms with Crippen molar-refractivity contribution in [1.82, 2.24) is 5.32 Å². The number of nitrogens with zero attached hydrogens (tertiary/aromatic N) is 2. The van der Waals surface area contributed by atoms with Crippen LogP contribution in [0.5, 0.6) is 5.75 Å². The molecule has 27 heavy (non-hydrogen) atoms. The second-order valence-corrected chi connectivity index (χ2v) is 7.58. The van der Waals surface area contributed by atoms with Gasteiger partial charge in [-0.15, -0.1) is 0 Å². The van der Waals surface area contributed by atoms with Crippen LogP contribution < -0.4 is 15.0 Å². The number of hydrogen-bond acceptors (Lipinski definition) is 4. The topological polar surface area (TPSA) is 67.6 Å². The first-order chi connectivity index (χ1) is 12.7. The minimum absolute atomic E-state index is 0.00591. The van der Waals surface area contributed by atoms with Gasteiger partial charge < -0.3 is 10.1 Å². The van der Waals surface area contributed by atoms with E-state index in [0.29, 0.717) is 22.1 Å². The SMILES string of the molecule is C[C@@H]1[C@H]2NC(=S)N(c3ccc(F)c(Cl)c3)[C@@]1(C)Oc1ccc([N+](=O)[O-])cc12. The quantitative estimate of drug-likeness (QED) is 0.447. The zero-order chi connectivity index (χ0) is 19.5. The van der Waals surface area contributed by atoms with Gasteiger partial charge in [0.25, 0.3) is 5.69 Å². The molecule has 6 nitrogen and oxygen atoms in total. The normalized spacial score (nSPS) is 26.1. The highest BCUT2D eigenvalue weighted by molar-refractivity contribution is 7.80. The maximum Gasteiger partial charge on any atom is 0.270 e. The lowest BCUT2D eigenvalue weighted by Crippen LogP contribution is -2.69.